The average molecular weight is 388 g/mol. The number of anilines is 2. The number of rotatable bonds is 5. The smallest absolute Gasteiger partial charge is 0.319 e. The van der Waals surface area contributed by atoms with Gasteiger partial charge in [0.1, 0.15) is 11.6 Å². The number of halogens is 2. The van der Waals surface area contributed by atoms with Gasteiger partial charge in [0, 0.05) is 50.5 Å². The highest BCUT2D eigenvalue weighted by atomic mass is 19.1. The molecule has 0 bridgehead atoms. The van der Waals surface area contributed by atoms with Crippen molar-refractivity contribution in [3.05, 3.63) is 60.2 Å². The maximum Gasteiger partial charge on any atom is 0.319 e. The zero-order valence-electron chi connectivity index (χ0n) is 15.3. The number of urea groups is 1. The molecule has 2 N–H and O–H groups in total. The molecule has 3 rings (SSSR count). The number of nitrogens with zero attached hydrogens (tertiary/aromatic N) is 2. The predicted octanol–water partition coefficient (Wildman–Crippen LogP) is 2.83. The van der Waals surface area contributed by atoms with Crippen molar-refractivity contribution in [1.29, 1.82) is 0 Å². The van der Waals surface area contributed by atoms with E-state index in [1.165, 1.54) is 36.4 Å². The maximum absolute atomic E-state index is 13.0. The molecule has 1 heterocycles. The van der Waals surface area contributed by atoms with E-state index in [0.29, 0.717) is 31.9 Å². The van der Waals surface area contributed by atoms with Crippen LogP contribution in [0.25, 0.3) is 0 Å². The third kappa shape index (κ3) is 5.42. The molecule has 2 aromatic carbocycles. The van der Waals surface area contributed by atoms with Crippen LogP contribution in [0.1, 0.15) is 6.42 Å². The lowest BCUT2D eigenvalue weighted by Crippen LogP contribution is -2.49. The summed E-state index contributed by atoms with van der Waals surface area (Å²) in [5.74, 6) is -0.676. The first kappa shape index (κ1) is 19.6. The van der Waals surface area contributed by atoms with Gasteiger partial charge in [-0.2, -0.15) is 0 Å². The van der Waals surface area contributed by atoms with Gasteiger partial charge in [0.05, 0.1) is 0 Å². The van der Waals surface area contributed by atoms with Crippen LogP contribution in [0.15, 0.2) is 48.5 Å². The Balaban J connectivity index is 1.37. The molecule has 6 nitrogen and oxygen atoms in total. The molecule has 1 fully saturated rings. The van der Waals surface area contributed by atoms with Gasteiger partial charge in [0.2, 0.25) is 5.91 Å². The van der Waals surface area contributed by atoms with Crippen molar-refractivity contribution in [1.82, 2.24) is 10.2 Å². The SMILES string of the molecule is O=C(NCCC(=O)N1CCN(c2ccc(F)cc2)CC1)Nc1ccc(F)cc1. The van der Waals surface area contributed by atoms with Gasteiger partial charge in [-0.15, -0.1) is 0 Å². The molecular weight excluding hydrogens is 366 g/mol. The molecule has 0 spiro atoms. The summed E-state index contributed by atoms with van der Waals surface area (Å²) >= 11 is 0. The summed E-state index contributed by atoms with van der Waals surface area (Å²) in [5.41, 5.74) is 1.41. The molecule has 28 heavy (non-hydrogen) atoms. The number of hydrogen-bond donors (Lipinski definition) is 2. The molecule has 8 heteroatoms. The van der Waals surface area contributed by atoms with Crippen LogP contribution >= 0.6 is 0 Å². The number of benzene rings is 2. The van der Waals surface area contributed by atoms with Gasteiger partial charge in [0.25, 0.3) is 0 Å². The fourth-order valence-corrected chi connectivity index (χ4v) is 3.02. The van der Waals surface area contributed by atoms with Gasteiger partial charge in [-0.05, 0) is 48.5 Å². The molecule has 0 aliphatic carbocycles. The first-order valence-electron chi connectivity index (χ1n) is 9.10. The highest BCUT2D eigenvalue weighted by Crippen LogP contribution is 2.17. The summed E-state index contributed by atoms with van der Waals surface area (Å²) in [7, 11) is 0. The first-order chi connectivity index (χ1) is 13.5. The molecule has 0 atom stereocenters. The number of carbonyl (C=O) groups excluding carboxylic acids is 2. The molecule has 2 aromatic rings. The van der Waals surface area contributed by atoms with Gasteiger partial charge in [0.15, 0.2) is 0 Å². The maximum atomic E-state index is 13.0. The Hall–Kier alpha value is -3.16. The molecule has 3 amide bonds. The van der Waals surface area contributed by atoms with E-state index in [0.717, 1.165) is 5.69 Å². The van der Waals surface area contributed by atoms with Crippen molar-refractivity contribution >= 4 is 23.3 Å². The number of nitrogens with one attached hydrogen (secondary N) is 2. The van der Waals surface area contributed by atoms with E-state index in [-0.39, 0.29) is 30.5 Å². The standard InChI is InChI=1S/C20H22F2N4O2/c21-15-1-5-17(6-2-15)24-20(28)23-10-9-19(27)26-13-11-25(12-14-26)18-7-3-16(22)4-8-18/h1-8H,9-14H2,(H2,23,24,28). The third-order valence-electron chi connectivity index (χ3n) is 4.55. The Kier molecular flexibility index (Phi) is 6.41. The van der Waals surface area contributed by atoms with Crippen LogP contribution < -0.4 is 15.5 Å². The normalized spacial score (nSPS) is 13.9. The van der Waals surface area contributed by atoms with Crippen LogP contribution in [0, 0.1) is 11.6 Å². The number of hydrogen-bond acceptors (Lipinski definition) is 3. The van der Waals surface area contributed by atoms with E-state index in [9.17, 15) is 18.4 Å². The molecule has 1 aliphatic rings. The van der Waals surface area contributed by atoms with Crippen molar-refractivity contribution in [3.63, 3.8) is 0 Å². The van der Waals surface area contributed by atoms with E-state index < -0.39 is 6.03 Å². The molecular formula is C20H22F2N4O2. The average Bonchev–Trinajstić information content (AvgIpc) is 2.70. The van der Waals surface area contributed by atoms with Crippen LogP contribution in [-0.2, 0) is 4.79 Å². The van der Waals surface area contributed by atoms with Gasteiger partial charge in [-0.25, -0.2) is 13.6 Å². The Morgan fingerprint density at radius 1 is 0.857 bits per heavy atom. The summed E-state index contributed by atoms with van der Waals surface area (Å²) in [5, 5.41) is 5.19. The number of amides is 3. The molecule has 0 radical (unpaired) electrons. The van der Waals surface area contributed by atoms with E-state index in [4.69, 9.17) is 0 Å². The van der Waals surface area contributed by atoms with E-state index in [1.54, 1.807) is 17.0 Å². The Morgan fingerprint density at radius 2 is 1.43 bits per heavy atom. The van der Waals surface area contributed by atoms with Crippen molar-refractivity contribution in [2.75, 3.05) is 42.9 Å². The van der Waals surface area contributed by atoms with Gasteiger partial charge in [-0.3, -0.25) is 4.79 Å². The van der Waals surface area contributed by atoms with E-state index >= 15 is 0 Å². The van der Waals surface area contributed by atoms with Crippen LogP contribution in [-0.4, -0.2) is 49.6 Å². The van der Waals surface area contributed by atoms with Crippen LogP contribution in [0.3, 0.4) is 0 Å². The van der Waals surface area contributed by atoms with Gasteiger partial charge in [-0.1, -0.05) is 0 Å². The van der Waals surface area contributed by atoms with Crippen LogP contribution in [0.4, 0.5) is 25.0 Å². The lowest BCUT2D eigenvalue weighted by molar-refractivity contribution is -0.131. The zero-order valence-corrected chi connectivity index (χ0v) is 15.3. The molecule has 0 saturated carbocycles. The first-order valence-corrected chi connectivity index (χ1v) is 9.10. The summed E-state index contributed by atoms with van der Waals surface area (Å²) in [6, 6.07) is 11.3. The van der Waals surface area contributed by atoms with Crippen molar-refractivity contribution in [2.45, 2.75) is 6.42 Å². The quantitative estimate of drug-likeness (QED) is 0.828. The zero-order chi connectivity index (χ0) is 19.9. The lowest BCUT2D eigenvalue weighted by atomic mass is 10.2. The van der Waals surface area contributed by atoms with Crippen molar-refractivity contribution < 1.29 is 18.4 Å². The summed E-state index contributed by atoms with van der Waals surface area (Å²) in [6.45, 7) is 2.73. The minimum atomic E-state index is -0.444. The highest BCUT2D eigenvalue weighted by Gasteiger charge is 2.21. The number of carbonyl (C=O) groups is 2. The van der Waals surface area contributed by atoms with E-state index in [2.05, 4.69) is 15.5 Å². The van der Waals surface area contributed by atoms with Crippen LogP contribution in [0.2, 0.25) is 0 Å². The summed E-state index contributed by atoms with van der Waals surface area (Å²) in [6.07, 6.45) is 0.202. The molecule has 148 valence electrons. The largest absolute Gasteiger partial charge is 0.368 e. The second-order valence-corrected chi connectivity index (χ2v) is 6.48. The summed E-state index contributed by atoms with van der Waals surface area (Å²) < 4.78 is 25.9. The second-order valence-electron chi connectivity index (χ2n) is 6.48. The summed E-state index contributed by atoms with van der Waals surface area (Å²) in [4.78, 5) is 28.0. The minimum absolute atomic E-state index is 0.0270. The minimum Gasteiger partial charge on any atom is -0.368 e. The molecule has 1 saturated heterocycles. The number of piperazine rings is 1. The Morgan fingerprint density at radius 3 is 2.04 bits per heavy atom. The Bertz CT molecular complexity index is 804. The monoisotopic (exact) mass is 388 g/mol. The van der Waals surface area contributed by atoms with Crippen LogP contribution in [0.5, 0.6) is 0 Å². The van der Waals surface area contributed by atoms with Gasteiger partial charge >= 0.3 is 6.03 Å². The fourth-order valence-electron chi connectivity index (χ4n) is 3.02. The van der Waals surface area contributed by atoms with Gasteiger partial charge < -0.3 is 20.4 Å². The third-order valence-corrected chi connectivity index (χ3v) is 4.55. The highest BCUT2D eigenvalue weighted by molar-refractivity contribution is 5.89. The molecule has 1 aliphatic heterocycles. The van der Waals surface area contributed by atoms with E-state index in [1.807, 2.05) is 0 Å². The predicted molar refractivity (Wildman–Crippen MR) is 103 cm³/mol. The molecule has 0 aromatic heterocycles. The van der Waals surface area contributed by atoms with Crippen molar-refractivity contribution in [2.24, 2.45) is 0 Å². The van der Waals surface area contributed by atoms with Crippen molar-refractivity contribution in [3.8, 4) is 0 Å². The lowest BCUT2D eigenvalue weighted by Gasteiger charge is -2.36. The second kappa shape index (κ2) is 9.16. The Labute approximate surface area is 162 Å². The fraction of sp³-hybridized carbons (Fsp3) is 0.300. The topological polar surface area (TPSA) is 64.7 Å². The molecule has 0 unspecified atom stereocenters.